The lowest BCUT2D eigenvalue weighted by Gasteiger charge is -2.16. The van der Waals surface area contributed by atoms with Crippen LogP contribution in [-0.2, 0) is 6.18 Å². The second kappa shape index (κ2) is 5.91. The van der Waals surface area contributed by atoms with Crippen molar-refractivity contribution in [3.8, 4) is 11.5 Å². The van der Waals surface area contributed by atoms with Gasteiger partial charge < -0.3 is 10.5 Å². The fourth-order valence-electron chi connectivity index (χ4n) is 2.18. The third-order valence-electron chi connectivity index (χ3n) is 3.35. The van der Waals surface area contributed by atoms with Gasteiger partial charge in [-0.1, -0.05) is 26.0 Å². The number of rotatable bonds is 3. The van der Waals surface area contributed by atoms with E-state index >= 15 is 0 Å². The molecule has 0 unspecified atom stereocenters. The summed E-state index contributed by atoms with van der Waals surface area (Å²) in [6.07, 6.45) is -4.50. The molecule has 0 atom stereocenters. The normalized spacial score (nSPS) is 11.8. The van der Waals surface area contributed by atoms with Crippen LogP contribution in [0.1, 0.15) is 36.5 Å². The number of hydrogen-bond acceptors (Lipinski definition) is 2. The molecule has 2 N–H and O–H groups in total. The number of alkyl halides is 3. The molecule has 2 rings (SSSR count). The van der Waals surface area contributed by atoms with E-state index in [1.165, 1.54) is 12.1 Å². The minimum Gasteiger partial charge on any atom is -0.457 e. The van der Waals surface area contributed by atoms with E-state index in [1.54, 1.807) is 0 Å². The van der Waals surface area contributed by atoms with Crippen LogP contribution in [0, 0.1) is 6.92 Å². The predicted molar refractivity (Wildman–Crippen MR) is 81.2 cm³/mol. The summed E-state index contributed by atoms with van der Waals surface area (Å²) in [6.45, 7) is 5.91. The maximum absolute atomic E-state index is 12.9. The van der Waals surface area contributed by atoms with Crippen LogP contribution in [-0.4, -0.2) is 0 Å². The first-order valence-electron chi connectivity index (χ1n) is 6.93. The molecule has 0 saturated heterocycles. The predicted octanol–water partition coefficient (Wildman–Crippen LogP) is 5.51. The molecule has 0 amide bonds. The van der Waals surface area contributed by atoms with E-state index in [-0.39, 0.29) is 17.4 Å². The molecule has 2 aromatic carbocycles. The Morgan fingerprint density at radius 3 is 2.32 bits per heavy atom. The standard InChI is InChI=1S/C17H18F3NO/c1-10(2)13-6-4-11(3)8-16(13)22-12-5-7-15(21)14(9-12)17(18,19)20/h4-10H,21H2,1-3H3. The van der Waals surface area contributed by atoms with E-state index in [9.17, 15) is 13.2 Å². The molecular formula is C17H18F3NO. The van der Waals surface area contributed by atoms with E-state index in [0.717, 1.165) is 17.2 Å². The molecule has 0 bridgehead atoms. The van der Waals surface area contributed by atoms with Crippen molar-refractivity contribution in [2.45, 2.75) is 32.9 Å². The molecule has 0 heterocycles. The van der Waals surface area contributed by atoms with Gasteiger partial charge in [0.15, 0.2) is 0 Å². The summed E-state index contributed by atoms with van der Waals surface area (Å²) in [6, 6.07) is 9.28. The Labute approximate surface area is 127 Å². The molecule has 0 aliphatic rings. The molecule has 0 aromatic heterocycles. The van der Waals surface area contributed by atoms with E-state index in [1.807, 2.05) is 39.0 Å². The van der Waals surface area contributed by atoms with Crippen molar-refractivity contribution in [1.29, 1.82) is 0 Å². The summed E-state index contributed by atoms with van der Waals surface area (Å²) in [5, 5.41) is 0. The number of aryl methyl sites for hydroxylation is 1. The zero-order valence-electron chi connectivity index (χ0n) is 12.7. The van der Waals surface area contributed by atoms with E-state index < -0.39 is 11.7 Å². The van der Waals surface area contributed by atoms with Crippen LogP contribution < -0.4 is 10.5 Å². The zero-order chi connectivity index (χ0) is 16.5. The number of hydrogen-bond donors (Lipinski definition) is 1. The molecule has 0 saturated carbocycles. The van der Waals surface area contributed by atoms with Gasteiger partial charge in [-0.05, 0) is 48.2 Å². The first kappa shape index (κ1) is 16.2. The van der Waals surface area contributed by atoms with Crippen molar-refractivity contribution in [3.05, 3.63) is 53.1 Å². The minimum absolute atomic E-state index is 0.119. The van der Waals surface area contributed by atoms with Crippen molar-refractivity contribution < 1.29 is 17.9 Å². The van der Waals surface area contributed by atoms with Gasteiger partial charge in [0.1, 0.15) is 11.5 Å². The largest absolute Gasteiger partial charge is 0.457 e. The monoisotopic (exact) mass is 309 g/mol. The van der Waals surface area contributed by atoms with Crippen LogP contribution in [0.15, 0.2) is 36.4 Å². The van der Waals surface area contributed by atoms with Gasteiger partial charge in [-0.25, -0.2) is 0 Å². The van der Waals surface area contributed by atoms with Crippen LogP contribution in [0.2, 0.25) is 0 Å². The Bertz CT molecular complexity index is 678. The van der Waals surface area contributed by atoms with Crippen molar-refractivity contribution in [3.63, 3.8) is 0 Å². The lowest BCUT2D eigenvalue weighted by molar-refractivity contribution is -0.137. The topological polar surface area (TPSA) is 35.2 Å². The molecule has 5 heteroatoms. The fourth-order valence-corrected chi connectivity index (χ4v) is 2.18. The third kappa shape index (κ3) is 3.53. The average molecular weight is 309 g/mol. The van der Waals surface area contributed by atoms with Gasteiger partial charge in [-0.2, -0.15) is 13.2 Å². The Morgan fingerprint density at radius 1 is 1.05 bits per heavy atom. The number of nitrogens with two attached hydrogens (primary N) is 1. The number of halogens is 3. The highest BCUT2D eigenvalue weighted by atomic mass is 19.4. The van der Waals surface area contributed by atoms with Gasteiger partial charge in [0.2, 0.25) is 0 Å². The van der Waals surface area contributed by atoms with Gasteiger partial charge in [-0.3, -0.25) is 0 Å². The van der Waals surface area contributed by atoms with Crippen molar-refractivity contribution in [2.75, 3.05) is 5.73 Å². The smallest absolute Gasteiger partial charge is 0.418 e. The highest BCUT2D eigenvalue weighted by Crippen LogP contribution is 2.38. The summed E-state index contributed by atoms with van der Waals surface area (Å²) < 4.78 is 44.4. The Hall–Kier alpha value is -2.17. The minimum atomic E-state index is -4.50. The zero-order valence-corrected chi connectivity index (χ0v) is 12.7. The molecular weight excluding hydrogens is 291 g/mol. The first-order chi connectivity index (χ1) is 10.2. The number of benzene rings is 2. The molecule has 0 aliphatic heterocycles. The van der Waals surface area contributed by atoms with Gasteiger partial charge in [-0.15, -0.1) is 0 Å². The number of nitrogen functional groups attached to an aromatic ring is 1. The lowest BCUT2D eigenvalue weighted by atomic mass is 10.0. The van der Waals surface area contributed by atoms with Gasteiger partial charge in [0.05, 0.1) is 5.56 Å². The molecule has 2 nitrogen and oxygen atoms in total. The van der Waals surface area contributed by atoms with Gasteiger partial charge >= 0.3 is 6.18 Å². The highest BCUT2D eigenvalue weighted by molar-refractivity contribution is 5.53. The van der Waals surface area contributed by atoms with Crippen LogP contribution in [0.3, 0.4) is 0 Å². The summed E-state index contributed by atoms with van der Waals surface area (Å²) >= 11 is 0. The van der Waals surface area contributed by atoms with Crippen LogP contribution >= 0.6 is 0 Å². The Kier molecular flexibility index (Phi) is 4.35. The second-order valence-corrected chi connectivity index (χ2v) is 5.54. The fraction of sp³-hybridized carbons (Fsp3) is 0.294. The van der Waals surface area contributed by atoms with Crippen molar-refractivity contribution >= 4 is 5.69 Å². The molecule has 22 heavy (non-hydrogen) atoms. The van der Waals surface area contributed by atoms with Gasteiger partial charge in [0, 0.05) is 5.69 Å². The molecule has 0 radical (unpaired) electrons. The van der Waals surface area contributed by atoms with E-state index in [0.29, 0.717) is 5.75 Å². The van der Waals surface area contributed by atoms with Crippen molar-refractivity contribution in [2.24, 2.45) is 0 Å². The SMILES string of the molecule is Cc1ccc(C(C)C)c(Oc2ccc(N)c(C(F)(F)F)c2)c1. The maximum atomic E-state index is 12.9. The van der Waals surface area contributed by atoms with Crippen molar-refractivity contribution in [1.82, 2.24) is 0 Å². The van der Waals surface area contributed by atoms with Gasteiger partial charge in [0.25, 0.3) is 0 Å². The quantitative estimate of drug-likeness (QED) is 0.758. The molecule has 0 fully saturated rings. The second-order valence-electron chi connectivity index (χ2n) is 5.54. The molecule has 118 valence electrons. The molecule has 0 spiro atoms. The van der Waals surface area contributed by atoms with Crippen LogP contribution in [0.5, 0.6) is 11.5 Å². The first-order valence-corrected chi connectivity index (χ1v) is 6.93. The van der Waals surface area contributed by atoms with Crippen LogP contribution in [0.25, 0.3) is 0 Å². The maximum Gasteiger partial charge on any atom is 0.418 e. The number of ether oxygens (including phenoxy) is 1. The summed E-state index contributed by atoms with van der Waals surface area (Å²) in [7, 11) is 0. The molecule has 0 aliphatic carbocycles. The Morgan fingerprint density at radius 2 is 1.73 bits per heavy atom. The molecule has 2 aromatic rings. The van der Waals surface area contributed by atoms with E-state index in [4.69, 9.17) is 10.5 Å². The third-order valence-corrected chi connectivity index (χ3v) is 3.35. The number of anilines is 1. The highest BCUT2D eigenvalue weighted by Gasteiger charge is 2.33. The summed E-state index contributed by atoms with van der Waals surface area (Å²) in [5.41, 5.74) is 6.12. The van der Waals surface area contributed by atoms with Crippen LogP contribution in [0.4, 0.5) is 18.9 Å². The Balaban J connectivity index is 2.42. The lowest BCUT2D eigenvalue weighted by Crippen LogP contribution is -2.09. The summed E-state index contributed by atoms with van der Waals surface area (Å²) in [4.78, 5) is 0. The van der Waals surface area contributed by atoms with E-state index in [2.05, 4.69) is 0 Å². The average Bonchev–Trinajstić information content (AvgIpc) is 2.39. The summed E-state index contributed by atoms with van der Waals surface area (Å²) in [5.74, 6) is 0.883.